The van der Waals surface area contributed by atoms with Crippen molar-refractivity contribution in [3.05, 3.63) is 95.6 Å². The number of carbonyl (C=O) groups is 1. The van der Waals surface area contributed by atoms with Gasteiger partial charge in [-0.1, -0.05) is 60.2 Å². The summed E-state index contributed by atoms with van der Waals surface area (Å²) in [5.74, 6) is 0.0128. The fourth-order valence-electron chi connectivity index (χ4n) is 3.00. The first-order valence-electron chi connectivity index (χ1n) is 10.8. The van der Waals surface area contributed by atoms with E-state index in [1.165, 1.54) is 0 Å². The molecule has 0 fully saturated rings. The third-order valence-corrected chi connectivity index (χ3v) is 4.62. The number of rotatable bonds is 9. The molecular weight excluding hydrogens is 419 g/mol. The van der Waals surface area contributed by atoms with Crippen molar-refractivity contribution in [1.82, 2.24) is 20.6 Å². The van der Waals surface area contributed by atoms with Crippen LogP contribution in [0.25, 0.3) is 0 Å². The molecule has 0 radical (unpaired) electrons. The average molecular weight is 450 g/mol. The van der Waals surface area contributed by atoms with E-state index in [-0.39, 0.29) is 6.61 Å². The molecule has 174 valence electrons. The fraction of sp³-hybridized carbons (Fsp3) is 0.292. The molecule has 0 saturated carbocycles. The van der Waals surface area contributed by atoms with Crippen LogP contribution in [-0.2, 0) is 24.1 Å². The molecular formula is C24H31BN4O4. The molecule has 3 aromatic rings. The Labute approximate surface area is 195 Å². The van der Waals surface area contributed by atoms with Crippen LogP contribution in [0.2, 0.25) is 0 Å². The van der Waals surface area contributed by atoms with Crippen LogP contribution in [0.1, 0.15) is 22.5 Å². The van der Waals surface area contributed by atoms with Gasteiger partial charge >= 0.3 is 13.2 Å². The van der Waals surface area contributed by atoms with E-state index in [1.54, 1.807) is 18.5 Å². The second-order valence-corrected chi connectivity index (χ2v) is 7.42. The number of carbonyl (C=O) groups excluding carboxylic acids is 1. The molecule has 0 spiro atoms. The molecule has 1 atom stereocenters. The van der Waals surface area contributed by atoms with E-state index in [4.69, 9.17) is 4.74 Å². The number of hydrogen-bond donors (Lipinski definition) is 4. The predicted molar refractivity (Wildman–Crippen MR) is 128 cm³/mol. The highest BCUT2D eigenvalue weighted by molar-refractivity contribution is 6.43. The first kappa shape index (κ1) is 26.0. The van der Waals surface area contributed by atoms with Gasteiger partial charge in [-0.05, 0) is 37.6 Å². The number of aryl methyl sites for hydroxylation is 1. The number of aromatic nitrogens is 2. The van der Waals surface area contributed by atoms with Crippen LogP contribution in [0.4, 0.5) is 4.79 Å². The number of alkyl carbamates (subject to hydrolysis) is 1. The first-order chi connectivity index (χ1) is 16.0. The van der Waals surface area contributed by atoms with Crippen LogP contribution < -0.4 is 10.6 Å². The molecule has 8 nitrogen and oxygen atoms in total. The zero-order valence-electron chi connectivity index (χ0n) is 19.0. The Morgan fingerprint density at radius 3 is 2.36 bits per heavy atom. The maximum atomic E-state index is 11.8. The van der Waals surface area contributed by atoms with Crippen molar-refractivity contribution < 1.29 is 19.6 Å². The summed E-state index contributed by atoms with van der Waals surface area (Å²) in [4.78, 5) is 19.8. The van der Waals surface area contributed by atoms with Gasteiger partial charge in [0.05, 0.1) is 19.1 Å². The van der Waals surface area contributed by atoms with E-state index in [2.05, 4.69) is 20.6 Å². The van der Waals surface area contributed by atoms with Gasteiger partial charge < -0.3 is 25.4 Å². The van der Waals surface area contributed by atoms with Gasteiger partial charge in [-0.15, -0.1) is 0 Å². The van der Waals surface area contributed by atoms with Crippen molar-refractivity contribution in [3.63, 3.8) is 0 Å². The van der Waals surface area contributed by atoms with E-state index < -0.39 is 19.2 Å². The molecule has 4 N–H and O–H groups in total. The molecule has 1 unspecified atom stereocenters. The molecule has 2 aromatic carbocycles. The topological polar surface area (TPSA) is 117 Å². The van der Waals surface area contributed by atoms with E-state index in [1.807, 2.05) is 68.6 Å². The van der Waals surface area contributed by atoms with Gasteiger partial charge in [0.15, 0.2) is 0 Å². The summed E-state index contributed by atoms with van der Waals surface area (Å²) >= 11 is 0. The minimum atomic E-state index is -1.66. The normalized spacial score (nSPS) is 11.0. The monoisotopic (exact) mass is 450 g/mol. The van der Waals surface area contributed by atoms with Crippen LogP contribution in [0, 0.1) is 6.92 Å². The van der Waals surface area contributed by atoms with Gasteiger partial charge in [0.1, 0.15) is 5.82 Å². The number of nitrogens with zero attached hydrogens (tertiary/aromatic N) is 2. The van der Waals surface area contributed by atoms with Gasteiger partial charge in [-0.3, -0.25) is 0 Å². The number of nitrogens with one attached hydrogen (secondary N) is 2. The van der Waals surface area contributed by atoms with E-state index in [0.717, 1.165) is 29.1 Å². The standard InChI is InChI=1S/C18H22BNO4.C6H9N3/c1-14-6-5-9-16(12-14)10-11-24-18(21)20-17(19(22)23)13-15-7-3-2-4-8-15;1-7-5-6-8-3-2-4-9-6/h2-9,12,17,22-23H,10-11,13H2,1H3,(H,20,21);2-4,7H,5H2,1H3. The fourth-order valence-corrected chi connectivity index (χ4v) is 3.00. The van der Waals surface area contributed by atoms with E-state index in [9.17, 15) is 14.8 Å². The second-order valence-electron chi connectivity index (χ2n) is 7.42. The zero-order chi connectivity index (χ0) is 23.9. The largest absolute Gasteiger partial charge is 0.475 e. The summed E-state index contributed by atoms with van der Waals surface area (Å²) in [6, 6.07) is 19.1. The van der Waals surface area contributed by atoms with Gasteiger partial charge in [0.25, 0.3) is 0 Å². The molecule has 1 aromatic heterocycles. The number of ether oxygens (including phenoxy) is 1. The molecule has 1 amide bonds. The van der Waals surface area contributed by atoms with E-state index in [0.29, 0.717) is 12.8 Å². The SMILES string of the molecule is CNCc1ncccn1.Cc1cccc(CCOC(=O)NC(Cc2ccccc2)B(O)O)c1. The highest BCUT2D eigenvalue weighted by Gasteiger charge is 2.26. The first-order valence-corrected chi connectivity index (χ1v) is 10.8. The maximum absolute atomic E-state index is 11.8. The van der Waals surface area contributed by atoms with Crippen molar-refractivity contribution in [2.24, 2.45) is 0 Å². The maximum Gasteiger partial charge on any atom is 0.475 e. The Kier molecular flexibility index (Phi) is 11.6. The number of benzene rings is 2. The van der Waals surface area contributed by atoms with Crippen LogP contribution in [0.5, 0.6) is 0 Å². The zero-order valence-corrected chi connectivity index (χ0v) is 19.0. The minimum Gasteiger partial charge on any atom is -0.449 e. The van der Waals surface area contributed by atoms with Crippen molar-refractivity contribution in [1.29, 1.82) is 0 Å². The minimum absolute atomic E-state index is 0.231. The summed E-state index contributed by atoms with van der Waals surface area (Å²) in [6.45, 7) is 2.98. The third-order valence-electron chi connectivity index (χ3n) is 4.62. The van der Waals surface area contributed by atoms with Crippen molar-refractivity contribution in [2.75, 3.05) is 13.7 Å². The van der Waals surface area contributed by atoms with Gasteiger partial charge in [0, 0.05) is 18.8 Å². The summed E-state index contributed by atoms with van der Waals surface area (Å²) < 4.78 is 5.13. The lowest BCUT2D eigenvalue weighted by atomic mass is 9.76. The summed E-state index contributed by atoms with van der Waals surface area (Å²) in [7, 11) is 0.214. The molecule has 9 heteroatoms. The Bertz CT molecular complexity index is 945. The molecule has 0 saturated heterocycles. The highest BCUT2D eigenvalue weighted by atomic mass is 16.5. The quantitative estimate of drug-likeness (QED) is 0.369. The Balaban J connectivity index is 0.000000357. The molecule has 3 rings (SSSR count). The van der Waals surface area contributed by atoms with Crippen molar-refractivity contribution in [2.45, 2.75) is 32.3 Å². The van der Waals surface area contributed by atoms with Crippen molar-refractivity contribution >= 4 is 13.2 Å². The van der Waals surface area contributed by atoms with Crippen LogP contribution in [0.15, 0.2) is 73.1 Å². The average Bonchev–Trinajstić information content (AvgIpc) is 2.81. The van der Waals surface area contributed by atoms with E-state index >= 15 is 0 Å². The number of hydrogen-bond acceptors (Lipinski definition) is 7. The lowest BCUT2D eigenvalue weighted by Crippen LogP contribution is -2.48. The second kappa shape index (κ2) is 14.7. The molecule has 0 aliphatic carbocycles. The summed E-state index contributed by atoms with van der Waals surface area (Å²) in [5.41, 5.74) is 3.14. The van der Waals surface area contributed by atoms with Crippen LogP contribution in [0.3, 0.4) is 0 Å². The third kappa shape index (κ3) is 10.7. The van der Waals surface area contributed by atoms with Crippen LogP contribution >= 0.6 is 0 Å². The van der Waals surface area contributed by atoms with Gasteiger partial charge in [0.2, 0.25) is 0 Å². The lowest BCUT2D eigenvalue weighted by molar-refractivity contribution is 0.144. The van der Waals surface area contributed by atoms with Crippen LogP contribution in [-0.4, -0.2) is 52.8 Å². The molecule has 0 aliphatic rings. The number of amides is 1. The molecule has 0 aliphatic heterocycles. The van der Waals surface area contributed by atoms with Gasteiger partial charge in [-0.25, -0.2) is 14.8 Å². The molecule has 33 heavy (non-hydrogen) atoms. The summed E-state index contributed by atoms with van der Waals surface area (Å²) in [6.07, 6.45) is 3.74. The lowest BCUT2D eigenvalue weighted by Gasteiger charge is -2.17. The van der Waals surface area contributed by atoms with Crippen molar-refractivity contribution in [3.8, 4) is 0 Å². The molecule has 0 bridgehead atoms. The Morgan fingerprint density at radius 2 is 1.73 bits per heavy atom. The Hall–Kier alpha value is -3.27. The predicted octanol–water partition coefficient (Wildman–Crippen LogP) is 2.08. The highest BCUT2D eigenvalue weighted by Crippen LogP contribution is 2.06. The molecule has 1 heterocycles. The summed E-state index contributed by atoms with van der Waals surface area (Å²) in [5, 5.41) is 24.3. The van der Waals surface area contributed by atoms with Gasteiger partial charge in [-0.2, -0.15) is 0 Å². The Morgan fingerprint density at radius 1 is 1.03 bits per heavy atom. The smallest absolute Gasteiger partial charge is 0.449 e.